The van der Waals surface area contributed by atoms with Crippen LogP contribution < -0.4 is 5.73 Å². The molecule has 0 saturated heterocycles. The van der Waals surface area contributed by atoms with E-state index in [1.54, 1.807) is 12.1 Å². The number of alkyl halides is 2. The van der Waals surface area contributed by atoms with E-state index in [0.29, 0.717) is 11.5 Å². The molecule has 0 spiro atoms. The number of nitrogen functional groups attached to an aromatic ring is 1. The number of carbonyl (C=O) groups excluding carboxylic acids is 2. The largest absolute Gasteiger partial charge is 0.384 e. The SMILES string of the molecule is Nc1ccnc(Cl)n1.O=C(CCl)Cc1ccnc(Cl)n1.O=C(Cl)CCl. The molecule has 0 radical (unpaired) electrons. The summed E-state index contributed by atoms with van der Waals surface area (Å²) in [6.45, 7) is 0. The Labute approximate surface area is 168 Å². The van der Waals surface area contributed by atoms with Crippen molar-refractivity contribution < 1.29 is 9.59 Å². The van der Waals surface area contributed by atoms with Crippen molar-refractivity contribution in [2.45, 2.75) is 6.42 Å². The Balaban J connectivity index is 0.000000382. The van der Waals surface area contributed by atoms with Gasteiger partial charge in [-0.1, -0.05) is 0 Å². The maximum Gasteiger partial charge on any atom is 0.236 e. The highest BCUT2D eigenvalue weighted by Crippen LogP contribution is 2.02. The van der Waals surface area contributed by atoms with E-state index in [9.17, 15) is 9.59 Å². The standard InChI is InChI=1S/C7H6Cl2N2O.C4H4ClN3.C2H2Cl2O/c8-4-6(12)3-5-1-2-10-7(9)11-5;5-4-7-2-1-3(6)8-4;3-1-2(4)5/h1-2H,3-4H2;1-2H,(H2,6,7,8);1H2. The lowest BCUT2D eigenvalue weighted by Gasteiger charge is -1.96. The number of rotatable bonds is 4. The number of hydrogen-bond acceptors (Lipinski definition) is 7. The first-order valence-corrected chi connectivity index (χ1v) is 8.52. The second-order valence-corrected chi connectivity index (χ2v) is 5.54. The van der Waals surface area contributed by atoms with Crippen molar-refractivity contribution in [2.75, 3.05) is 17.5 Å². The molecular formula is C13H12Cl5N5O2. The van der Waals surface area contributed by atoms with E-state index in [4.69, 9.17) is 63.7 Å². The van der Waals surface area contributed by atoms with Gasteiger partial charge < -0.3 is 5.73 Å². The lowest BCUT2D eigenvalue weighted by Crippen LogP contribution is -2.05. The van der Waals surface area contributed by atoms with Crippen molar-refractivity contribution in [1.82, 2.24) is 19.9 Å². The molecule has 0 aromatic carbocycles. The summed E-state index contributed by atoms with van der Waals surface area (Å²) in [6.07, 6.45) is 3.22. The fourth-order valence-corrected chi connectivity index (χ4v) is 1.48. The number of aromatic nitrogens is 4. The number of anilines is 1. The quantitative estimate of drug-likeness (QED) is 0.435. The lowest BCUT2D eigenvalue weighted by molar-refractivity contribution is -0.116. The zero-order valence-electron chi connectivity index (χ0n) is 12.5. The minimum atomic E-state index is -0.508. The highest BCUT2D eigenvalue weighted by molar-refractivity contribution is 6.67. The summed E-state index contributed by atoms with van der Waals surface area (Å²) < 4.78 is 0. The van der Waals surface area contributed by atoms with E-state index in [-0.39, 0.29) is 34.5 Å². The molecule has 7 nitrogen and oxygen atoms in total. The van der Waals surface area contributed by atoms with Crippen LogP contribution in [0.2, 0.25) is 10.6 Å². The predicted molar refractivity (Wildman–Crippen MR) is 99.5 cm³/mol. The van der Waals surface area contributed by atoms with Gasteiger partial charge in [0, 0.05) is 12.4 Å². The molecular weight excluding hydrogens is 435 g/mol. The summed E-state index contributed by atoms with van der Waals surface area (Å²) in [7, 11) is 0. The molecule has 12 heteroatoms. The Bertz CT molecular complexity index is 672. The number of hydrogen-bond donors (Lipinski definition) is 1. The van der Waals surface area contributed by atoms with Crippen LogP contribution in [-0.4, -0.2) is 42.7 Å². The molecule has 0 aliphatic heterocycles. The van der Waals surface area contributed by atoms with Crippen molar-refractivity contribution in [1.29, 1.82) is 0 Å². The van der Waals surface area contributed by atoms with Gasteiger partial charge in [0.2, 0.25) is 15.8 Å². The second kappa shape index (κ2) is 14.0. The summed E-state index contributed by atoms with van der Waals surface area (Å²) in [4.78, 5) is 35.0. The van der Waals surface area contributed by atoms with Crippen molar-refractivity contribution >= 4 is 74.8 Å². The van der Waals surface area contributed by atoms with Gasteiger partial charge in [-0.15, -0.1) is 23.2 Å². The smallest absolute Gasteiger partial charge is 0.236 e. The second-order valence-electron chi connectivity index (χ2n) is 3.91. The molecule has 0 aliphatic rings. The molecule has 2 heterocycles. The molecule has 0 saturated carbocycles. The zero-order valence-corrected chi connectivity index (χ0v) is 16.3. The zero-order chi connectivity index (χ0) is 19.2. The number of halogens is 5. The monoisotopic (exact) mass is 445 g/mol. The van der Waals surface area contributed by atoms with Crippen LogP contribution in [0.15, 0.2) is 24.5 Å². The van der Waals surface area contributed by atoms with Gasteiger partial charge in [0.1, 0.15) is 5.82 Å². The van der Waals surface area contributed by atoms with E-state index in [1.165, 1.54) is 12.4 Å². The van der Waals surface area contributed by atoms with E-state index < -0.39 is 5.24 Å². The Morgan fingerprint density at radius 2 is 1.48 bits per heavy atom. The fraction of sp³-hybridized carbons (Fsp3) is 0.231. The van der Waals surface area contributed by atoms with Gasteiger partial charge in [0.05, 0.1) is 23.9 Å². The van der Waals surface area contributed by atoms with Crippen LogP contribution in [0.4, 0.5) is 5.82 Å². The minimum absolute atomic E-state index is 0.00161. The van der Waals surface area contributed by atoms with Crippen LogP contribution in [0.25, 0.3) is 0 Å². The molecule has 2 rings (SSSR count). The van der Waals surface area contributed by atoms with Gasteiger partial charge in [0.25, 0.3) is 0 Å². The highest BCUT2D eigenvalue weighted by Gasteiger charge is 2.03. The maximum atomic E-state index is 10.9. The van der Waals surface area contributed by atoms with Gasteiger partial charge in [-0.25, -0.2) is 19.9 Å². The number of nitrogens with zero attached hydrogens (tertiary/aromatic N) is 4. The predicted octanol–water partition coefficient (Wildman–Crippen LogP) is 3.18. The molecule has 0 unspecified atom stereocenters. The molecule has 2 aromatic rings. The number of nitrogens with two attached hydrogens (primary N) is 1. The Kier molecular flexibility index (Phi) is 13.3. The average molecular weight is 448 g/mol. The molecule has 0 atom stereocenters. The average Bonchev–Trinajstić information content (AvgIpc) is 2.55. The van der Waals surface area contributed by atoms with Gasteiger partial charge in [-0.3, -0.25) is 9.59 Å². The summed E-state index contributed by atoms with van der Waals surface area (Å²) in [5, 5.41) is -0.175. The van der Waals surface area contributed by atoms with Gasteiger partial charge in [0.15, 0.2) is 5.78 Å². The van der Waals surface area contributed by atoms with Crippen LogP contribution in [0.1, 0.15) is 5.69 Å². The summed E-state index contributed by atoms with van der Waals surface area (Å²) in [5.74, 6) is 0.222. The van der Waals surface area contributed by atoms with Gasteiger partial charge >= 0.3 is 0 Å². The van der Waals surface area contributed by atoms with E-state index in [1.807, 2.05) is 0 Å². The van der Waals surface area contributed by atoms with Crippen molar-refractivity contribution in [3.8, 4) is 0 Å². The van der Waals surface area contributed by atoms with E-state index >= 15 is 0 Å². The Hall–Kier alpha value is -1.25. The number of Topliss-reactive ketones (excluding diaryl/α,β-unsaturated/α-hetero) is 1. The molecule has 136 valence electrons. The number of carbonyl (C=O) groups is 2. The Morgan fingerprint density at radius 3 is 1.84 bits per heavy atom. The van der Waals surface area contributed by atoms with Crippen LogP contribution in [0.3, 0.4) is 0 Å². The van der Waals surface area contributed by atoms with Crippen molar-refractivity contribution in [3.05, 3.63) is 40.8 Å². The molecule has 2 N–H and O–H groups in total. The third-order valence-electron chi connectivity index (χ3n) is 1.96. The van der Waals surface area contributed by atoms with Crippen LogP contribution >= 0.6 is 58.0 Å². The third-order valence-corrected chi connectivity index (χ3v) is 3.14. The third kappa shape index (κ3) is 13.7. The highest BCUT2D eigenvalue weighted by atomic mass is 35.5. The molecule has 0 fully saturated rings. The first-order valence-electron chi connectivity index (χ1n) is 6.31. The van der Waals surface area contributed by atoms with Gasteiger partial charge in [-0.05, 0) is 46.9 Å². The topological polar surface area (TPSA) is 112 Å². The van der Waals surface area contributed by atoms with E-state index in [2.05, 4.69) is 19.9 Å². The Morgan fingerprint density at radius 1 is 0.960 bits per heavy atom. The first kappa shape index (κ1) is 23.8. The van der Waals surface area contributed by atoms with Crippen molar-refractivity contribution in [3.63, 3.8) is 0 Å². The first-order chi connectivity index (χ1) is 11.8. The molecule has 0 aliphatic carbocycles. The lowest BCUT2D eigenvalue weighted by atomic mass is 10.2. The fourth-order valence-electron chi connectivity index (χ4n) is 1.06. The molecule has 0 amide bonds. The normalized spacial score (nSPS) is 9.16. The van der Waals surface area contributed by atoms with Crippen molar-refractivity contribution in [2.24, 2.45) is 0 Å². The van der Waals surface area contributed by atoms with E-state index in [0.717, 1.165) is 0 Å². The minimum Gasteiger partial charge on any atom is -0.384 e. The summed E-state index contributed by atoms with van der Waals surface area (Å²) in [6, 6.07) is 3.21. The summed E-state index contributed by atoms with van der Waals surface area (Å²) >= 11 is 25.7. The van der Waals surface area contributed by atoms with Crippen LogP contribution in [-0.2, 0) is 16.0 Å². The van der Waals surface area contributed by atoms with Gasteiger partial charge in [-0.2, -0.15) is 0 Å². The van der Waals surface area contributed by atoms with Crippen LogP contribution in [0.5, 0.6) is 0 Å². The molecule has 0 bridgehead atoms. The molecule has 2 aromatic heterocycles. The number of ketones is 1. The summed E-state index contributed by atoms with van der Waals surface area (Å²) in [5.41, 5.74) is 5.82. The maximum absolute atomic E-state index is 10.9. The molecule has 25 heavy (non-hydrogen) atoms. The van der Waals surface area contributed by atoms with Crippen LogP contribution in [0, 0.1) is 0 Å².